The molecule has 3 rings (SSSR count). The van der Waals surface area contributed by atoms with Crippen LogP contribution in [0.15, 0.2) is 57.9 Å². The Morgan fingerprint density at radius 2 is 2.04 bits per heavy atom. The van der Waals surface area contributed by atoms with Gasteiger partial charge in [0.25, 0.3) is 6.57 Å². The van der Waals surface area contributed by atoms with Crippen molar-refractivity contribution in [1.82, 2.24) is 14.8 Å². The molecule has 130 valence electrons. The number of fused-ring (bicyclic) bond motifs is 1. The van der Waals surface area contributed by atoms with Gasteiger partial charge in [0, 0.05) is 28.7 Å². The molecule has 0 radical (unpaired) electrons. The van der Waals surface area contributed by atoms with Crippen LogP contribution in [0.3, 0.4) is 0 Å². The van der Waals surface area contributed by atoms with Crippen LogP contribution in [-0.4, -0.2) is 20.5 Å². The average Bonchev–Trinajstić information content (AvgIpc) is 3.01. The number of aliphatic imine (C=N–C) groups is 1. The quantitative estimate of drug-likeness (QED) is 0.466. The number of aromatic nitrogens is 3. The summed E-state index contributed by atoms with van der Waals surface area (Å²) in [6.45, 7) is 7.06. The third kappa shape index (κ3) is 3.59. The molecule has 0 unspecified atom stereocenters. The Morgan fingerprint density at radius 1 is 1.27 bits per heavy atom. The summed E-state index contributed by atoms with van der Waals surface area (Å²) in [6, 6.07) is 10.2. The summed E-state index contributed by atoms with van der Waals surface area (Å²) in [6.07, 6.45) is 1.65. The van der Waals surface area contributed by atoms with Crippen LogP contribution in [0.5, 0.6) is 0 Å². The second-order valence-electron chi connectivity index (χ2n) is 5.38. The molecule has 0 fully saturated rings. The maximum atomic E-state index is 14.0. The Morgan fingerprint density at radius 3 is 2.77 bits per heavy atom. The third-order valence-corrected chi connectivity index (χ3v) is 4.31. The molecule has 0 N–H and O–H groups in total. The first-order valence-corrected chi connectivity index (χ1v) is 8.33. The summed E-state index contributed by atoms with van der Waals surface area (Å²) in [5.41, 5.74) is 2.17. The molecule has 1 aromatic carbocycles. The van der Waals surface area contributed by atoms with Gasteiger partial charge in [0.1, 0.15) is 11.5 Å². The van der Waals surface area contributed by atoms with Crippen molar-refractivity contribution in [2.24, 2.45) is 4.99 Å². The zero-order chi connectivity index (χ0) is 18.7. The number of rotatable bonds is 4. The SMILES string of the molecule is C#[N+]/C(Cl)=C(Cl)\N=C(/C)c1nn(Cc2ccccc2F)c2ncccc12. The third-order valence-electron chi connectivity index (χ3n) is 3.68. The van der Waals surface area contributed by atoms with Crippen molar-refractivity contribution in [1.29, 1.82) is 0 Å². The molecule has 26 heavy (non-hydrogen) atoms. The molecule has 0 atom stereocenters. The predicted molar refractivity (Wildman–Crippen MR) is 102 cm³/mol. The molecule has 2 heterocycles. The Bertz CT molecular complexity index is 1080. The highest BCUT2D eigenvalue weighted by Crippen LogP contribution is 2.22. The Labute approximate surface area is 159 Å². The lowest BCUT2D eigenvalue weighted by Gasteiger charge is -2.04. The fourth-order valence-electron chi connectivity index (χ4n) is 2.47. The minimum atomic E-state index is -0.304. The molecule has 0 amide bonds. The molecule has 0 spiro atoms. The molecule has 2 aromatic heterocycles. The van der Waals surface area contributed by atoms with Crippen LogP contribution in [-0.2, 0) is 6.54 Å². The van der Waals surface area contributed by atoms with Gasteiger partial charge in [-0.05, 0) is 30.0 Å². The largest absolute Gasteiger partial charge is 0.445 e. The number of halogens is 3. The molecule has 0 aliphatic heterocycles. The summed E-state index contributed by atoms with van der Waals surface area (Å²) in [5, 5.41) is 5.13. The van der Waals surface area contributed by atoms with Gasteiger partial charge < -0.3 is 0 Å². The zero-order valence-corrected chi connectivity index (χ0v) is 15.2. The second-order valence-corrected chi connectivity index (χ2v) is 6.10. The molecule has 8 heteroatoms. The molecule has 3 aromatic rings. The van der Waals surface area contributed by atoms with E-state index in [1.165, 1.54) is 6.07 Å². The summed E-state index contributed by atoms with van der Waals surface area (Å²) in [7, 11) is 0. The number of pyridine rings is 1. The van der Waals surface area contributed by atoms with Crippen molar-refractivity contribution < 1.29 is 4.39 Å². The van der Waals surface area contributed by atoms with E-state index in [1.807, 2.05) is 6.07 Å². The number of hydrogen-bond donors (Lipinski definition) is 0. The summed E-state index contributed by atoms with van der Waals surface area (Å²) >= 11 is 11.7. The minimum absolute atomic E-state index is 0.0487. The van der Waals surface area contributed by atoms with E-state index >= 15 is 0 Å². The highest BCUT2D eigenvalue weighted by Gasteiger charge is 2.17. The molecule has 5 nitrogen and oxygen atoms in total. The van der Waals surface area contributed by atoms with Crippen molar-refractivity contribution >= 4 is 39.9 Å². The summed E-state index contributed by atoms with van der Waals surface area (Å²) in [4.78, 5) is 11.8. The zero-order valence-electron chi connectivity index (χ0n) is 13.7. The highest BCUT2D eigenvalue weighted by atomic mass is 35.5. The van der Waals surface area contributed by atoms with Crippen LogP contribution in [0.25, 0.3) is 15.9 Å². The molecule has 0 aliphatic carbocycles. The van der Waals surface area contributed by atoms with E-state index in [1.54, 1.807) is 42.1 Å². The van der Waals surface area contributed by atoms with Crippen molar-refractivity contribution in [2.75, 3.05) is 0 Å². The van der Waals surface area contributed by atoms with Gasteiger partial charge in [0.15, 0.2) is 5.65 Å². The van der Waals surface area contributed by atoms with Crippen molar-refractivity contribution in [3.8, 4) is 6.57 Å². The van der Waals surface area contributed by atoms with Gasteiger partial charge >= 0.3 is 5.16 Å². The molecule has 0 bridgehead atoms. The van der Waals surface area contributed by atoms with Gasteiger partial charge in [-0.25, -0.2) is 19.0 Å². The van der Waals surface area contributed by atoms with Crippen LogP contribution in [0.1, 0.15) is 18.2 Å². The van der Waals surface area contributed by atoms with Crippen LogP contribution >= 0.6 is 23.2 Å². The van der Waals surface area contributed by atoms with E-state index in [-0.39, 0.29) is 22.7 Å². The highest BCUT2D eigenvalue weighted by molar-refractivity contribution is 6.40. The number of nitrogens with zero attached hydrogens (tertiary/aromatic N) is 5. The lowest BCUT2D eigenvalue weighted by Crippen LogP contribution is -2.06. The first-order valence-electron chi connectivity index (χ1n) is 7.58. The van der Waals surface area contributed by atoms with Gasteiger partial charge in [-0.2, -0.15) is 5.10 Å². The van der Waals surface area contributed by atoms with Crippen molar-refractivity contribution in [2.45, 2.75) is 13.5 Å². The van der Waals surface area contributed by atoms with E-state index in [4.69, 9.17) is 29.8 Å². The minimum Gasteiger partial charge on any atom is -0.242 e. The predicted octanol–water partition coefficient (Wildman–Crippen LogP) is 4.99. The molecule has 0 saturated heterocycles. The van der Waals surface area contributed by atoms with E-state index in [9.17, 15) is 4.39 Å². The van der Waals surface area contributed by atoms with Gasteiger partial charge in [-0.15, -0.1) is 0 Å². The van der Waals surface area contributed by atoms with Gasteiger partial charge in [0.2, 0.25) is 5.16 Å². The smallest absolute Gasteiger partial charge is 0.242 e. The lowest BCUT2D eigenvalue weighted by atomic mass is 10.2. The fourth-order valence-corrected chi connectivity index (χ4v) is 2.69. The molecular formula is C18H13Cl2FN5+. The number of benzene rings is 1. The second kappa shape index (κ2) is 7.65. The van der Waals surface area contributed by atoms with Crippen LogP contribution in [0.4, 0.5) is 4.39 Å². The standard InChI is InChI=1S/C18H13Cl2FN5/c1-11(24-17(20)16(19)22-2)15-13-7-5-9-23-18(13)26(25-15)10-12-6-3-4-8-14(12)21/h2-9H,10H2,1H3/q+1/b17-16-,24-11+. The first kappa shape index (κ1) is 18.1. The van der Waals surface area contributed by atoms with Gasteiger partial charge in [0.05, 0.1) is 12.3 Å². The number of hydrogen-bond acceptors (Lipinski definition) is 3. The normalized spacial score (nSPS) is 12.8. The Balaban J connectivity index is 2.10. The van der Waals surface area contributed by atoms with Crippen molar-refractivity contribution in [3.05, 3.63) is 74.8 Å². The molecule has 0 saturated carbocycles. The maximum Gasteiger partial charge on any atom is 0.445 e. The lowest BCUT2D eigenvalue weighted by molar-refractivity contribution is 0.589. The Hall–Kier alpha value is -2.75. The van der Waals surface area contributed by atoms with E-state index in [0.717, 1.165) is 5.39 Å². The monoisotopic (exact) mass is 388 g/mol. The van der Waals surface area contributed by atoms with Gasteiger partial charge in [-0.3, -0.25) is 0 Å². The van der Waals surface area contributed by atoms with E-state index in [0.29, 0.717) is 22.6 Å². The first-order chi connectivity index (χ1) is 12.5. The fraction of sp³-hybridized carbons (Fsp3) is 0.111. The van der Waals surface area contributed by atoms with E-state index < -0.39 is 0 Å². The van der Waals surface area contributed by atoms with Crippen molar-refractivity contribution in [3.63, 3.8) is 0 Å². The Kier molecular flexibility index (Phi) is 5.31. The van der Waals surface area contributed by atoms with Crippen LogP contribution in [0, 0.1) is 12.4 Å². The summed E-state index contributed by atoms with van der Waals surface area (Å²) in [5.74, 6) is -0.304. The van der Waals surface area contributed by atoms with E-state index in [2.05, 4.69) is 19.9 Å². The van der Waals surface area contributed by atoms with Crippen LogP contribution < -0.4 is 0 Å². The summed E-state index contributed by atoms with van der Waals surface area (Å²) < 4.78 is 15.6. The average molecular weight is 389 g/mol. The molecular weight excluding hydrogens is 376 g/mol. The molecule has 0 aliphatic rings. The van der Waals surface area contributed by atoms with Crippen LogP contribution in [0.2, 0.25) is 0 Å². The maximum absolute atomic E-state index is 14.0. The topological polar surface area (TPSA) is 47.4 Å². The van der Waals surface area contributed by atoms with Gasteiger partial charge in [-0.1, -0.05) is 29.8 Å².